The van der Waals surface area contributed by atoms with E-state index in [1.54, 1.807) is 12.1 Å². The molecule has 0 aromatic heterocycles. The Morgan fingerprint density at radius 1 is 1.06 bits per heavy atom. The van der Waals surface area contributed by atoms with Gasteiger partial charge in [0, 0.05) is 24.3 Å². The van der Waals surface area contributed by atoms with Crippen LogP contribution in [0.1, 0.15) is 70.6 Å². The van der Waals surface area contributed by atoms with E-state index in [-0.39, 0.29) is 5.75 Å². The van der Waals surface area contributed by atoms with Crippen molar-refractivity contribution >= 4 is 17.6 Å². The summed E-state index contributed by atoms with van der Waals surface area (Å²) in [5.74, 6) is 1.06. The molecule has 3 rings (SSSR count). The summed E-state index contributed by atoms with van der Waals surface area (Å²) in [4.78, 5) is 9.04. The van der Waals surface area contributed by atoms with Crippen LogP contribution in [0.5, 0.6) is 5.75 Å². The SMILES string of the molecule is COc1ccc(NC(=N/CNC2CCCCCC2)/N=C(\N)NCC2CCCCC2)cc1F. The van der Waals surface area contributed by atoms with Crippen LogP contribution in [0.3, 0.4) is 0 Å². The Kier molecular flexibility index (Phi) is 10.1. The first-order valence-electron chi connectivity index (χ1n) is 12.1. The number of aliphatic imine (C=N–C) groups is 2. The van der Waals surface area contributed by atoms with Gasteiger partial charge in [0.1, 0.15) is 0 Å². The van der Waals surface area contributed by atoms with Gasteiger partial charge in [0.2, 0.25) is 5.96 Å². The zero-order chi connectivity index (χ0) is 22.6. The van der Waals surface area contributed by atoms with Crippen molar-refractivity contribution in [3.63, 3.8) is 0 Å². The van der Waals surface area contributed by atoms with Crippen molar-refractivity contribution in [3.05, 3.63) is 24.0 Å². The number of ether oxygens (including phenoxy) is 1. The van der Waals surface area contributed by atoms with E-state index in [2.05, 4.69) is 25.9 Å². The highest BCUT2D eigenvalue weighted by Crippen LogP contribution is 2.23. The van der Waals surface area contributed by atoms with Crippen molar-refractivity contribution in [3.8, 4) is 5.75 Å². The van der Waals surface area contributed by atoms with Crippen LogP contribution in [0.2, 0.25) is 0 Å². The van der Waals surface area contributed by atoms with Crippen LogP contribution in [-0.4, -0.2) is 38.3 Å². The highest BCUT2D eigenvalue weighted by Gasteiger charge is 2.14. The molecule has 32 heavy (non-hydrogen) atoms. The predicted molar refractivity (Wildman–Crippen MR) is 130 cm³/mol. The van der Waals surface area contributed by atoms with E-state index in [1.807, 2.05) is 0 Å². The van der Waals surface area contributed by atoms with Gasteiger partial charge in [-0.2, -0.15) is 4.99 Å². The highest BCUT2D eigenvalue weighted by molar-refractivity contribution is 6.01. The summed E-state index contributed by atoms with van der Waals surface area (Å²) in [7, 11) is 1.44. The Hall–Kier alpha value is -2.35. The maximum Gasteiger partial charge on any atom is 0.227 e. The minimum absolute atomic E-state index is 0.196. The van der Waals surface area contributed by atoms with Gasteiger partial charge in [-0.05, 0) is 43.7 Å². The number of rotatable bonds is 7. The monoisotopic (exact) mass is 446 g/mol. The molecule has 0 spiro atoms. The van der Waals surface area contributed by atoms with Crippen LogP contribution >= 0.6 is 0 Å². The van der Waals surface area contributed by atoms with Gasteiger partial charge >= 0.3 is 0 Å². The number of nitrogens with zero attached hydrogens (tertiary/aromatic N) is 2. The Bertz CT molecular complexity index is 755. The number of anilines is 1. The Morgan fingerprint density at radius 2 is 1.75 bits per heavy atom. The molecule has 8 heteroatoms. The van der Waals surface area contributed by atoms with Gasteiger partial charge in [-0.25, -0.2) is 9.38 Å². The molecule has 0 aliphatic heterocycles. The lowest BCUT2D eigenvalue weighted by molar-refractivity contribution is 0.356. The van der Waals surface area contributed by atoms with Gasteiger partial charge in [0.25, 0.3) is 0 Å². The van der Waals surface area contributed by atoms with Crippen molar-refractivity contribution in [2.45, 2.75) is 76.7 Å². The van der Waals surface area contributed by atoms with Crippen molar-refractivity contribution in [2.24, 2.45) is 21.6 Å². The second-order valence-electron chi connectivity index (χ2n) is 8.89. The summed E-state index contributed by atoms with van der Waals surface area (Å²) in [5.41, 5.74) is 6.70. The predicted octanol–water partition coefficient (Wildman–Crippen LogP) is 4.36. The molecule has 0 radical (unpaired) electrons. The zero-order valence-corrected chi connectivity index (χ0v) is 19.3. The summed E-state index contributed by atoms with van der Waals surface area (Å²) in [6.45, 7) is 1.26. The first kappa shape index (κ1) is 24.3. The molecule has 2 fully saturated rings. The van der Waals surface area contributed by atoms with Crippen LogP contribution in [0.25, 0.3) is 0 Å². The van der Waals surface area contributed by atoms with E-state index in [0.29, 0.717) is 36.2 Å². The molecule has 0 atom stereocenters. The molecule has 0 bridgehead atoms. The van der Waals surface area contributed by atoms with E-state index in [1.165, 1.54) is 83.8 Å². The molecule has 0 heterocycles. The molecule has 0 saturated heterocycles. The van der Waals surface area contributed by atoms with Gasteiger partial charge in [-0.3, -0.25) is 5.32 Å². The van der Waals surface area contributed by atoms with E-state index in [4.69, 9.17) is 10.5 Å². The largest absolute Gasteiger partial charge is 0.494 e. The third kappa shape index (κ3) is 8.30. The maximum absolute atomic E-state index is 14.1. The minimum atomic E-state index is -0.444. The molecule has 2 saturated carbocycles. The molecule has 7 nitrogen and oxygen atoms in total. The van der Waals surface area contributed by atoms with E-state index < -0.39 is 5.82 Å². The smallest absolute Gasteiger partial charge is 0.227 e. The normalized spacial score (nSPS) is 19.4. The van der Waals surface area contributed by atoms with Gasteiger partial charge in [-0.15, -0.1) is 0 Å². The third-order valence-corrected chi connectivity index (χ3v) is 6.39. The van der Waals surface area contributed by atoms with Crippen LogP contribution in [0, 0.1) is 11.7 Å². The summed E-state index contributed by atoms with van der Waals surface area (Å²) in [6, 6.07) is 5.16. The topological polar surface area (TPSA) is 96.1 Å². The second-order valence-corrected chi connectivity index (χ2v) is 8.89. The molecular weight excluding hydrogens is 407 g/mol. The third-order valence-electron chi connectivity index (χ3n) is 6.39. The number of nitrogens with one attached hydrogen (secondary N) is 3. The van der Waals surface area contributed by atoms with Crippen LogP contribution in [0.4, 0.5) is 10.1 Å². The molecule has 0 amide bonds. The van der Waals surface area contributed by atoms with E-state index in [0.717, 1.165) is 6.54 Å². The molecule has 1 aromatic carbocycles. The van der Waals surface area contributed by atoms with Gasteiger partial charge in [0.05, 0.1) is 13.8 Å². The second kappa shape index (κ2) is 13.3. The van der Waals surface area contributed by atoms with Gasteiger partial charge in [-0.1, -0.05) is 44.9 Å². The van der Waals surface area contributed by atoms with Gasteiger partial charge in [0.15, 0.2) is 17.5 Å². The molecular formula is C24H39FN6O. The summed E-state index contributed by atoms with van der Waals surface area (Å²) in [5, 5.41) is 9.85. The number of nitrogens with two attached hydrogens (primary N) is 1. The first-order chi connectivity index (χ1) is 15.6. The number of hydrogen-bond acceptors (Lipinski definition) is 3. The molecule has 0 unspecified atom stereocenters. The van der Waals surface area contributed by atoms with Crippen LogP contribution < -0.4 is 26.4 Å². The van der Waals surface area contributed by atoms with Crippen molar-refractivity contribution in [1.82, 2.24) is 10.6 Å². The minimum Gasteiger partial charge on any atom is -0.494 e. The average Bonchev–Trinajstić information content (AvgIpc) is 3.07. The van der Waals surface area contributed by atoms with Crippen molar-refractivity contribution in [2.75, 3.05) is 25.6 Å². The fourth-order valence-electron chi connectivity index (χ4n) is 4.50. The lowest BCUT2D eigenvalue weighted by Gasteiger charge is -2.22. The summed E-state index contributed by atoms with van der Waals surface area (Å²) >= 11 is 0. The van der Waals surface area contributed by atoms with E-state index in [9.17, 15) is 4.39 Å². The van der Waals surface area contributed by atoms with Crippen molar-refractivity contribution < 1.29 is 9.13 Å². The van der Waals surface area contributed by atoms with Gasteiger partial charge < -0.3 is 21.1 Å². The maximum atomic E-state index is 14.1. The number of hydrogen-bond donors (Lipinski definition) is 4. The van der Waals surface area contributed by atoms with Crippen molar-refractivity contribution in [1.29, 1.82) is 0 Å². The number of benzene rings is 1. The van der Waals surface area contributed by atoms with Crippen LogP contribution in [-0.2, 0) is 0 Å². The highest BCUT2D eigenvalue weighted by atomic mass is 19.1. The fraction of sp³-hybridized carbons (Fsp3) is 0.667. The Balaban J connectivity index is 1.63. The summed E-state index contributed by atoms with van der Waals surface area (Å²) < 4.78 is 19.1. The Morgan fingerprint density at radius 3 is 2.44 bits per heavy atom. The quantitative estimate of drug-likeness (QED) is 0.284. The fourth-order valence-corrected chi connectivity index (χ4v) is 4.50. The molecule has 2 aliphatic carbocycles. The molecule has 1 aromatic rings. The zero-order valence-electron chi connectivity index (χ0n) is 19.3. The lowest BCUT2D eigenvalue weighted by atomic mass is 9.89. The molecule has 2 aliphatic rings. The van der Waals surface area contributed by atoms with Crippen LogP contribution in [0.15, 0.2) is 28.2 Å². The first-order valence-corrected chi connectivity index (χ1v) is 12.1. The number of guanidine groups is 2. The standard InChI is InChI=1S/C24H39FN6O/c1-32-22-14-13-20(15-21(22)25)30-24(29-17-28-19-11-7-2-3-8-12-19)31-23(26)27-16-18-9-5-4-6-10-18/h13-15,18-19,28H,2-12,16-17H2,1H3,(H4,26,27,29,30,31). The number of methoxy groups -OCH3 is 1. The Labute approximate surface area is 191 Å². The lowest BCUT2D eigenvalue weighted by Crippen LogP contribution is -2.37. The molecule has 178 valence electrons. The van der Waals surface area contributed by atoms with E-state index >= 15 is 0 Å². The average molecular weight is 447 g/mol. The summed E-state index contributed by atoms with van der Waals surface area (Å²) in [6.07, 6.45) is 13.9. The molecule has 5 N–H and O–H groups in total. The number of halogens is 1.